The number of rotatable bonds is 8. The lowest BCUT2D eigenvalue weighted by molar-refractivity contribution is -0.112. The average Bonchev–Trinajstić information content (AvgIpc) is 2.12. The molecule has 0 rings (SSSR count). The van der Waals surface area contributed by atoms with Crippen LogP contribution in [0, 0.1) is 0 Å². The number of hydrogen-bond donors (Lipinski definition) is 2. The van der Waals surface area contributed by atoms with Crippen molar-refractivity contribution in [1.82, 2.24) is 0 Å². The average molecular weight is 288 g/mol. The van der Waals surface area contributed by atoms with E-state index in [0.717, 1.165) is 0 Å². The molecule has 0 atom stereocenters. The molecule has 0 fully saturated rings. The quantitative estimate of drug-likeness (QED) is 0.495. The Labute approximate surface area is 101 Å². The molecule has 0 aromatic rings. The second-order valence-electron chi connectivity index (χ2n) is 3.65. The van der Waals surface area contributed by atoms with Crippen molar-refractivity contribution in [3.63, 3.8) is 0 Å². The molecule has 0 aromatic carbocycles. The van der Waals surface area contributed by atoms with Crippen LogP contribution in [-0.4, -0.2) is 36.8 Å². The Kier molecular flexibility index (Phi) is 6.83. The molecule has 17 heavy (non-hydrogen) atoms. The zero-order valence-corrected chi connectivity index (χ0v) is 10.8. The zero-order chi connectivity index (χ0) is 13.5. The van der Waals surface area contributed by atoms with E-state index >= 15 is 0 Å². The highest BCUT2D eigenvalue weighted by molar-refractivity contribution is 8.01. The van der Waals surface area contributed by atoms with Gasteiger partial charge in [0.2, 0.25) is 0 Å². The molecular weight excluding hydrogens is 272 g/mol. The van der Waals surface area contributed by atoms with E-state index in [1.807, 2.05) is 0 Å². The SMILES string of the molecule is O=C(CCCCCCCS(=O)(=O)O)S(=O)(=O)O. The number of hydrogen-bond acceptors (Lipinski definition) is 5. The van der Waals surface area contributed by atoms with Gasteiger partial charge in [0.15, 0.2) is 0 Å². The minimum atomic E-state index is -4.57. The molecule has 0 spiro atoms. The lowest BCUT2D eigenvalue weighted by atomic mass is 10.1. The van der Waals surface area contributed by atoms with Crippen LogP contribution in [0.4, 0.5) is 0 Å². The fourth-order valence-corrected chi connectivity index (χ4v) is 2.18. The topological polar surface area (TPSA) is 126 Å². The molecule has 0 saturated carbocycles. The van der Waals surface area contributed by atoms with Gasteiger partial charge >= 0.3 is 10.1 Å². The van der Waals surface area contributed by atoms with Gasteiger partial charge in [-0.05, 0) is 12.8 Å². The predicted molar refractivity (Wildman–Crippen MR) is 60.7 cm³/mol. The van der Waals surface area contributed by atoms with Crippen LogP contribution in [0.25, 0.3) is 0 Å². The van der Waals surface area contributed by atoms with Gasteiger partial charge in [0.25, 0.3) is 15.2 Å². The maximum absolute atomic E-state index is 10.7. The van der Waals surface area contributed by atoms with Crippen LogP contribution in [0.2, 0.25) is 0 Å². The van der Waals surface area contributed by atoms with Gasteiger partial charge in [0.05, 0.1) is 5.75 Å². The van der Waals surface area contributed by atoms with E-state index in [1.165, 1.54) is 0 Å². The van der Waals surface area contributed by atoms with Crippen molar-refractivity contribution in [3.05, 3.63) is 0 Å². The molecule has 0 amide bonds. The Morgan fingerprint density at radius 3 is 1.76 bits per heavy atom. The van der Waals surface area contributed by atoms with Gasteiger partial charge in [-0.1, -0.05) is 19.3 Å². The van der Waals surface area contributed by atoms with Gasteiger partial charge in [-0.15, -0.1) is 0 Å². The van der Waals surface area contributed by atoms with Crippen LogP contribution in [0.5, 0.6) is 0 Å². The van der Waals surface area contributed by atoms with Crippen molar-refractivity contribution in [2.75, 3.05) is 5.75 Å². The minimum Gasteiger partial charge on any atom is -0.286 e. The fourth-order valence-electron chi connectivity index (χ4n) is 1.21. The lowest BCUT2D eigenvalue weighted by Crippen LogP contribution is -2.12. The van der Waals surface area contributed by atoms with E-state index in [9.17, 15) is 21.6 Å². The normalized spacial score (nSPS) is 12.6. The minimum absolute atomic E-state index is 0.239. The van der Waals surface area contributed by atoms with Gasteiger partial charge in [0.1, 0.15) is 0 Å². The van der Waals surface area contributed by atoms with Crippen LogP contribution in [-0.2, 0) is 25.0 Å². The second kappa shape index (κ2) is 7.04. The van der Waals surface area contributed by atoms with E-state index < -0.39 is 25.4 Å². The molecule has 0 aliphatic rings. The largest absolute Gasteiger partial charge is 0.328 e. The van der Waals surface area contributed by atoms with Crippen molar-refractivity contribution in [2.45, 2.75) is 38.5 Å². The van der Waals surface area contributed by atoms with Crippen LogP contribution in [0.1, 0.15) is 38.5 Å². The van der Waals surface area contributed by atoms with Crippen LogP contribution in [0.3, 0.4) is 0 Å². The predicted octanol–water partition coefficient (Wildman–Crippen LogP) is 0.629. The smallest absolute Gasteiger partial charge is 0.286 e. The molecule has 0 saturated heterocycles. The first-order valence-electron chi connectivity index (χ1n) is 5.08. The first-order valence-corrected chi connectivity index (χ1v) is 8.13. The van der Waals surface area contributed by atoms with Gasteiger partial charge in [-0.2, -0.15) is 16.8 Å². The summed E-state index contributed by atoms with van der Waals surface area (Å²) in [6, 6.07) is 0. The Morgan fingerprint density at radius 2 is 1.29 bits per heavy atom. The highest BCUT2D eigenvalue weighted by Gasteiger charge is 2.16. The van der Waals surface area contributed by atoms with E-state index in [4.69, 9.17) is 9.11 Å². The van der Waals surface area contributed by atoms with Crippen molar-refractivity contribution < 1.29 is 30.7 Å². The molecule has 0 heterocycles. The van der Waals surface area contributed by atoms with Crippen molar-refractivity contribution >= 4 is 25.4 Å². The van der Waals surface area contributed by atoms with Crippen molar-refractivity contribution in [3.8, 4) is 0 Å². The van der Waals surface area contributed by atoms with Gasteiger partial charge in [-0.3, -0.25) is 13.9 Å². The molecule has 0 radical (unpaired) electrons. The van der Waals surface area contributed by atoms with Gasteiger partial charge < -0.3 is 0 Å². The highest BCUT2D eigenvalue weighted by Crippen LogP contribution is 2.08. The maximum Gasteiger partial charge on any atom is 0.328 e. The summed E-state index contributed by atoms with van der Waals surface area (Å²) in [5.41, 5.74) is 0. The Morgan fingerprint density at radius 1 is 0.824 bits per heavy atom. The molecule has 0 bridgehead atoms. The summed E-state index contributed by atoms with van der Waals surface area (Å²) in [5.74, 6) is -0.295. The number of carbonyl (C=O) groups is 1. The molecule has 2 N–H and O–H groups in total. The summed E-state index contributed by atoms with van der Waals surface area (Å²) in [7, 11) is -8.49. The summed E-state index contributed by atoms with van der Waals surface area (Å²) < 4.78 is 58.1. The molecule has 0 unspecified atom stereocenters. The third kappa shape index (κ3) is 10.4. The van der Waals surface area contributed by atoms with Crippen molar-refractivity contribution in [2.24, 2.45) is 0 Å². The van der Waals surface area contributed by atoms with E-state index in [-0.39, 0.29) is 12.2 Å². The first kappa shape index (κ1) is 16.5. The summed E-state index contributed by atoms with van der Waals surface area (Å²) in [6.45, 7) is 0. The van der Waals surface area contributed by atoms with Crippen molar-refractivity contribution in [1.29, 1.82) is 0 Å². The molecular formula is C8H16O7S2. The summed E-state index contributed by atoms with van der Waals surface area (Å²) in [6.07, 6.45) is 2.17. The zero-order valence-electron chi connectivity index (χ0n) is 9.20. The third-order valence-electron chi connectivity index (χ3n) is 2.07. The molecule has 0 aliphatic heterocycles. The molecule has 9 heteroatoms. The summed E-state index contributed by atoms with van der Waals surface area (Å²) >= 11 is 0. The first-order chi connectivity index (χ1) is 7.63. The van der Waals surface area contributed by atoms with Crippen LogP contribution < -0.4 is 0 Å². The Hall–Kier alpha value is -0.510. The van der Waals surface area contributed by atoms with E-state index in [1.54, 1.807) is 0 Å². The maximum atomic E-state index is 10.7. The van der Waals surface area contributed by atoms with Crippen LogP contribution >= 0.6 is 0 Å². The molecule has 7 nitrogen and oxygen atoms in total. The van der Waals surface area contributed by atoms with E-state index in [0.29, 0.717) is 32.1 Å². The summed E-state index contributed by atoms with van der Waals surface area (Å²) in [4.78, 5) is 10.7. The lowest BCUT2D eigenvalue weighted by Gasteiger charge is -2.00. The highest BCUT2D eigenvalue weighted by atomic mass is 32.2. The monoisotopic (exact) mass is 288 g/mol. The second-order valence-corrected chi connectivity index (χ2v) is 6.63. The molecule has 0 aromatic heterocycles. The van der Waals surface area contributed by atoms with Crippen LogP contribution in [0.15, 0.2) is 0 Å². The fraction of sp³-hybridized carbons (Fsp3) is 0.875. The van der Waals surface area contributed by atoms with Gasteiger partial charge in [0, 0.05) is 6.42 Å². The standard InChI is InChI=1S/C8H16O7S2/c9-8(17(13,14)15)6-4-2-1-3-5-7-16(10,11)12/h1-7H2,(H,10,11,12)(H,13,14,15). The Bertz CT molecular complexity index is 434. The van der Waals surface area contributed by atoms with E-state index in [2.05, 4.69) is 0 Å². The number of unbranched alkanes of at least 4 members (excludes halogenated alkanes) is 4. The Balaban J connectivity index is 3.52. The summed E-state index contributed by atoms with van der Waals surface area (Å²) in [5, 5.41) is -1.20. The molecule has 102 valence electrons. The van der Waals surface area contributed by atoms with Gasteiger partial charge in [-0.25, -0.2) is 0 Å². The number of carbonyl (C=O) groups excluding carboxylic acids is 1. The molecule has 0 aliphatic carbocycles. The third-order valence-corrected chi connectivity index (χ3v) is 3.66.